The quantitative estimate of drug-likeness (QED) is 0.562. The Hall–Kier alpha value is -2.83. The first-order valence-electron chi connectivity index (χ1n) is 9.42. The van der Waals surface area contributed by atoms with Crippen molar-refractivity contribution < 1.29 is 23.9 Å². The van der Waals surface area contributed by atoms with Gasteiger partial charge in [-0.2, -0.15) is 0 Å². The SMILES string of the molecule is CC[C@H]1OC2(C(=O)c3ccccc3C2=O)[C@H]2C(=O)N(c3ccccc3Cl)C(=O)[C@@H]12. The highest BCUT2D eigenvalue weighted by Gasteiger charge is 2.74. The van der Waals surface area contributed by atoms with Gasteiger partial charge in [-0.05, 0) is 18.6 Å². The Labute approximate surface area is 171 Å². The third-order valence-corrected chi connectivity index (χ3v) is 6.43. The van der Waals surface area contributed by atoms with Crippen LogP contribution in [0.2, 0.25) is 5.02 Å². The Balaban J connectivity index is 1.68. The van der Waals surface area contributed by atoms with Gasteiger partial charge in [-0.15, -0.1) is 0 Å². The number of hydrogen-bond acceptors (Lipinski definition) is 5. The monoisotopic (exact) mass is 409 g/mol. The fourth-order valence-electron chi connectivity index (χ4n) is 4.86. The van der Waals surface area contributed by atoms with Gasteiger partial charge in [0.25, 0.3) is 0 Å². The summed E-state index contributed by atoms with van der Waals surface area (Å²) in [6, 6.07) is 12.9. The van der Waals surface area contributed by atoms with E-state index >= 15 is 0 Å². The number of amides is 2. The minimum absolute atomic E-state index is 0.226. The van der Waals surface area contributed by atoms with Gasteiger partial charge in [0.05, 0.1) is 28.6 Å². The maximum absolute atomic E-state index is 13.5. The van der Waals surface area contributed by atoms with Gasteiger partial charge in [0, 0.05) is 11.1 Å². The summed E-state index contributed by atoms with van der Waals surface area (Å²) in [5.41, 5.74) is -1.29. The molecule has 3 atom stereocenters. The lowest BCUT2D eigenvalue weighted by molar-refractivity contribution is -0.127. The fourth-order valence-corrected chi connectivity index (χ4v) is 5.08. The van der Waals surface area contributed by atoms with Crippen LogP contribution in [0.5, 0.6) is 0 Å². The molecule has 5 rings (SSSR count). The second-order valence-electron chi connectivity index (χ2n) is 7.47. The molecule has 1 aliphatic carbocycles. The highest BCUT2D eigenvalue weighted by Crippen LogP contribution is 2.54. The molecule has 3 aliphatic rings. The summed E-state index contributed by atoms with van der Waals surface area (Å²) in [4.78, 5) is 54.5. The number of hydrogen-bond donors (Lipinski definition) is 0. The van der Waals surface area contributed by atoms with Crippen LogP contribution in [0.15, 0.2) is 48.5 Å². The first kappa shape index (κ1) is 18.2. The fraction of sp³-hybridized carbons (Fsp3) is 0.273. The second kappa shape index (κ2) is 6.08. The van der Waals surface area contributed by atoms with Gasteiger partial charge in [0.15, 0.2) is 0 Å². The molecule has 2 fully saturated rings. The molecule has 0 aromatic heterocycles. The van der Waals surface area contributed by atoms with Crippen molar-refractivity contribution in [2.24, 2.45) is 11.8 Å². The molecule has 0 bridgehead atoms. The largest absolute Gasteiger partial charge is 0.354 e. The zero-order chi connectivity index (χ0) is 20.5. The van der Waals surface area contributed by atoms with Gasteiger partial charge < -0.3 is 4.74 Å². The topological polar surface area (TPSA) is 80.8 Å². The minimum Gasteiger partial charge on any atom is -0.354 e. The summed E-state index contributed by atoms with van der Waals surface area (Å²) in [6.07, 6.45) is -0.332. The molecular formula is C22H16ClNO5. The van der Waals surface area contributed by atoms with E-state index in [1.807, 2.05) is 0 Å². The number of para-hydroxylation sites is 1. The number of nitrogens with zero attached hydrogens (tertiary/aromatic N) is 1. The number of Topliss-reactive ketones (excluding diaryl/α,β-unsaturated/α-hetero) is 2. The van der Waals surface area contributed by atoms with Crippen molar-refractivity contribution in [3.8, 4) is 0 Å². The van der Waals surface area contributed by atoms with Crippen LogP contribution in [0.25, 0.3) is 0 Å². The Kier molecular flexibility index (Phi) is 3.82. The lowest BCUT2D eigenvalue weighted by Crippen LogP contribution is -2.51. The van der Waals surface area contributed by atoms with E-state index in [1.165, 1.54) is 0 Å². The average molecular weight is 410 g/mol. The lowest BCUT2D eigenvalue weighted by atomic mass is 9.77. The van der Waals surface area contributed by atoms with Crippen molar-refractivity contribution >= 4 is 40.7 Å². The van der Waals surface area contributed by atoms with Crippen LogP contribution in [0.1, 0.15) is 34.1 Å². The van der Waals surface area contributed by atoms with E-state index in [2.05, 4.69) is 0 Å². The second-order valence-corrected chi connectivity index (χ2v) is 7.88. The van der Waals surface area contributed by atoms with E-state index in [1.54, 1.807) is 55.5 Å². The highest BCUT2D eigenvalue weighted by atomic mass is 35.5. The summed E-state index contributed by atoms with van der Waals surface area (Å²) in [5, 5.41) is 0.240. The number of benzene rings is 2. The molecule has 7 heteroatoms. The summed E-state index contributed by atoms with van der Waals surface area (Å²) >= 11 is 6.23. The molecule has 2 aromatic rings. The van der Waals surface area contributed by atoms with Crippen LogP contribution in [-0.2, 0) is 14.3 Å². The number of halogens is 1. The van der Waals surface area contributed by atoms with E-state index < -0.39 is 46.9 Å². The Morgan fingerprint density at radius 2 is 1.52 bits per heavy atom. The van der Waals surface area contributed by atoms with Crippen LogP contribution in [0, 0.1) is 11.8 Å². The summed E-state index contributed by atoms with van der Waals surface area (Å²) in [6.45, 7) is 1.80. The number of carbonyl (C=O) groups excluding carboxylic acids is 4. The van der Waals surface area contributed by atoms with Crippen molar-refractivity contribution in [3.05, 3.63) is 64.7 Å². The normalized spacial score (nSPS) is 27.1. The van der Waals surface area contributed by atoms with Crippen LogP contribution < -0.4 is 4.90 Å². The predicted octanol–water partition coefficient (Wildman–Crippen LogP) is 3.07. The Morgan fingerprint density at radius 1 is 0.931 bits per heavy atom. The summed E-state index contributed by atoms with van der Waals surface area (Å²) < 4.78 is 5.99. The van der Waals surface area contributed by atoms with Crippen molar-refractivity contribution in [3.63, 3.8) is 0 Å². The molecule has 1 spiro atoms. The van der Waals surface area contributed by atoms with Crippen LogP contribution in [-0.4, -0.2) is 35.1 Å². The maximum atomic E-state index is 13.5. The van der Waals surface area contributed by atoms with Crippen molar-refractivity contribution in [2.45, 2.75) is 25.0 Å². The van der Waals surface area contributed by atoms with E-state index in [0.29, 0.717) is 6.42 Å². The third-order valence-electron chi connectivity index (χ3n) is 6.11. The molecule has 6 nitrogen and oxygen atoms in total. The van der Waals surface area contributed by atoms with Gasteiger partial charge in [-0.25, -0.2) is 4.90 Å². The Morgan fingerprint density at radius 3 is 2.10 bits per heavy atom. The van der Waals surface area contributed by atoms with E-state index in [9.17, 15) is 19.2 Å². The molecule has 0 N–H and O–H groups in total. The molecule has 2 aliphatic heterocycles. The number of anilines is 1. The smallest absolute Gasteiger partial charge is 0.241 e. The van der Waals surface area contributed by atoms with Crippen molar-refractivity contribution in [1.82, 2.24) is 0 Å². The van der Waals surface area contributed by atoms with Gasteiger partial charge in [-0.1, -0.05) is 54.9 Å². The average Bonchev–Trinajstić information content (AvgIpc) is 3.29. The number of carbonyl (C=O) groups is 4. The molecule has 2 saturated heterocycles. The van der Waals surface area contributed by atoms with Crippen LogP contribution in [0.4, 0.5) is 5.69 Å². The molecule has 0 radical (unpaired) electrons. The lowest BCUT2D eigenvalue weighted by Gasteiger charge is -2.27. The summed E-state index contributed by atoms with van der Waals surface area (Å²) in [7, 11) is 0. The first-order valence-corrected chi connectivity index (χ1v) is 9.80. The molecule has 0 saturated carbocycles. The molecular weight excluding hydrogens is 394 g/mol. The van der Waals surface area contributed by atoms with Crippen molar-refractivity contribution in [1.29, 1.82) is 0 Å². The van der Waals surface area contributed by atoms with E-state index in [4.69, 9.17) is 16.3 Å². The standard InChI is InChI=1S/C22H16ClNO5/c1-2-15-16-17(21(28)24(20(16)27)14-10-6-5-9-13(14)23)22(29-15)18(25)11-7-3-4-8-12(11)19(22)26/h3-10,15-17H,2H2,1H3/t15-,16+,17-/m1/s1. The number of imide groups is 1. The first-order chi connectivity index (χ1) is 13.9. The van der Waals surface area contributed by atoms with Crippen LogP contribution >= 0.6 is 11.6 Å². The number of ether oxygens (including phenoxy) is 1. The van der Waals surface area contributed by atoms with Gasteiger partial charge in [0.1, 0.15) is 0 Å². The Bertz CT molecular complexity index is 1070. The molecule has 0 unspecified atom stereocenters. The molecule has 2 aromatic carbocycles. The van der Waals surface area contributed by atoms with E-state index in [0.717, 1.165) is 4.90 Å². The number of rotatable bonds is 2. The number of fused-ring (bicyclic) bond motifs is 3. The minimum atomic E-state index is -1.99. The zero-order valence-corrected chi connectivity index (χ0v) is 16.2. The maximum Gasteiger partial charge on any atom is 0.241 e. The highest BCUT2D eigenvalue weighted by molar-refractivity contribution is 6.39. The summed E-state index contributed by atoms with van der Waals surface area (Å²) in [5.74, 6) is -4.33. The van der Waals surface area contributed by atoms with Gasteiger partial charge >= 0.3 is 0 Å². The molecule has 146 valence electrons. The number of ketones is 2. The van der Waals surface area contributed by atoms with Crippen LogP contribution in [0.3, 0.4) is 0 Å². The molecule has 2 amide bonds. The third kappa shape index (κ3) is 2.10. The molecule has 29 heavy (non-hydrogen) atoms. The zero-order valence-electron chi connectivity index (χ0n) is 15.4. The van der Waals surface area contributed by atoms with Crippen molar-refractivity contribution in [2.75, 3.05) is 4.90 Å². The molecule has 2 heterocycles. The predicted molar refractivity (Wildman–Crippen MR) is 104 cm³/mol. The van der Waals surface area contributed by atoms with E-state index in [-0.39, 0.29) is 21.8 Å². The van der Waals surface area contributed by atoms with Gasteiger partial charge in [-0.3, -0.25) is 19.2 Å². The van der Waals surface area contributed by atoms with Gasteiger partial charge in [0.2, 0.25) is 29.0 Å².